The first-order valence-corrected chi connectivity index (χ1v) is 15.1. The fourth-order valence-electron chi connectivity index (χ4n) is 5.71. The van der Waals surface area contributed by atoms with Gasteiger partial charge in [-0.05, 0) is 42.8 Å². The van der Waals surface area contributed by atoms with Gasteiger partial charge in [-0.25, -0.2) is 13.8 Å². The van der Waals surface area contributed by atoms with Gasteiger partial charge in [0.25, 0.3) is 5.91 Å². The highest BCUT2D eigenvalue weighted by atomic mass is 35.5. The van der Waals surface area contributed by atoms with E-state index in [1.807, 2.05) is 0 Å². The molecule has 3 heterocycles. The van der Waals surface area contributed by atoms with Crippen molar-refractivity contribution in [3.63, 3.8) is 0 Å². The Morgan fingerprint density at radius 3 is 2.49 bits per heavy atom. The lowest BCUT2D eigenvalue weighted by atomic mass is 9.81. The Morgan fingerprint density at radius 2 is 1.82 bits per heavy atom. The van der Waals surface area contributed by atoms with Crippen LogP contribution in [0.3, 0.4) is 0 Å². The Balaban J connectivity index is 1.44. The van der Waals surface area contributed by atoms with Gasteiger partial charge in [0.15, 0.2) is 0 Å². The van der Waals surface area contributed by atoms with Crippen LogP contribution in [-0.2, 0) is 16.4 Å². The Hall–Kier alpha value is -5.30. The number of fused-ring (bicyclic) bond motifs is 2. The summed E-state index contributed by atoms with van der Waals surface area (Å²) < 4.78 is 80.9. The standard InChI is InChI=1S/C35H26ClF5N4O4/c1-34(33(42)47)16-49-31-23(34)12-27(45-30(31)21-11-24(36)26(38)13-25(21)37)22(17-6-4-3-5-7-17)15-44-32(46)19-8-18-9-20(35(39,40)41)14-43-29(18)28(10-19)48-2/h3-14,22H,15-16H2,1-2H3,(H2,42,47)(H,44,46)/t22?,34-/m0/s1. The number of hydrogen-bond acceptors (Lipinski definition) is 6. The number of amides is 2. The second-order valence-electron chi connectivity index (χ2n) is 11.6. The van der Waals surface area contributed by atoms with Gasteiger partial charge >= 0.3 is 6.18 Å². The number of nitrogens with zero attached hydrogens (tertiary/aromatic N) is 2. The second-order valence-corrected chi connectivity index (χ2v) is 12.1. The van der Waals surface area contributed by atoms with E-state index < -0.39 is 46.5 Å². The van der Waals surface area contributed by atoms with Crippen LogP contribution in [0.25, 0.3) is 22.2 Å². The minimum Gasteiger partial charge on any atom is -0.494 e. The number of halogens is 6. The van der Waals surface area contributed by atoms with E-state index in [-0.39, 0.29) is 63.1 Å². The van der Waals surface area contributed by atoms with Gasteiger partial charge < -0.3 is 20.5 Å². The molecule has 2 aromatic heterocycles. The summed E-state index contributed by atoms with van der Waals surface area (Å²) in [5, 5.41) is 2.48. The van der Waals surface area contributed by atoms with E-state index in [4.69, 9.17) is 31.8 Å². The minimum atomic E-state index is -4.66. The molecule has 6 rings (SSSR count). The highest BCUT2D eigenvalue weighted by molar-refractivity contribution is 6.31. The van der Waals surface area contributed by atoms with Gasteiger partial charge in [-0.2, -0.15) is 13.2 Å². The summed E-state index contributed by atoms with van der Waals surface area (Å²) in [6, 6.07) is 15.6. The molecule has 0 bridgehead atoms. The lowest BCUT2D eigenvalue weighted by Crippen LogP contribution is -2.40. The topological polar surface area (TPSA) is 116 Å². The Bertz CT molecular complexity index is 2130. The van der Waals surface area contributed by atoms with E-state index in [0.29, 0.717) is 23.4 Å². The number of rotatable bonds is 8. The number of benzene rings is 3. The third-order valence-corrected chi connectivity index (χ3v) is 8.77. The fraction of sp³-hybridized carbons (Fsp3) is 0.200. The quantitative estimate of drug-likeness (QED) is 0.134. The number of hydrogen-bond donors (Lipinski definition) is 2. The van der Waals surface area contributed by atoms with Crippen molar-refractivity contribution in [1.29, 1.82) is 0 Å². The van der Waals surface area contributed by atoms with E-state index in [1.165, 1.54) is 19.2 Å². The van der Waals surface area contributed by atoms with Crippen molar-refractivity contribution in [2.75, 3.05) is 20.3 Å². The molecule has 0 saturated carbocycles. The van der Waals surface area contributed by atoms with E-state index in [0.717, 1.165) is 12.1 Å². The Kier molecular flexibility index (Phi) is 8.65. The van der Waals surface area contributed by atoms with Crippen LogP contribution in [0.15, 0.2) is 72.9 Å². The highest BCUT2D eigenvalue weighted by Gasteiger charge is 2.44. The molecule has 252 valence electrons. The molecule has 2 atom stereocenters. The maximum atomic E-state index is 15.3. The van der Waals surface area contributed by atoms with E-state index in [9.17, 15) is 27.2 Å². The van der Waals surface area contributed by atoms with Crippen molar-refractivity contribution < 1.29 is 41.0 Å². The van der Waals surface area contributed by atoms with Crippen LogP contribution in [0.2, 0.25) is 5.02 Å². The van der Waals surface area contributed by atoms with Crippen LogP contribution in [0.4, 0.5) is 22.0 Å². The molecule has 1 unspecified atom stereocenters. The molecule has 2 amide bonds. The third kappa shape index (κ3) is 6.21. The average Bonchev–Trinajstić information content (AvgIpc) is 3.43. The number of primary amides is 1. The number of carbonyl (C=O) groups is 2. The lowest BCUT2D eigenvalue weighted by molar-refractivity contribution is -0.137. The summed E-state index contributed by atoms with van der Waals surface area (Å²) in [4.78, 5) is 34.9. The molecule has 5 aromatic rings. The summed E-state index contributed by atoms with van der Waals surface area (Å²) >= 11 is 6.02. The van der Waals surface area contributed by atoms with E-state index >= 15 is 4.39 Å². The number of ether oxygens (including phenoxy) is 2. The first-order valence-electron chi connectivity index (χ1n) is 14.7. The molecule has 8 nitrogen and oxygen atoms in total. The van der Waals surface area contributed by atoms with Crippen LogP contribution in [-0.4, -0.2) is 42.0 Å². The summed E-state index contributed by atoms with van der Waals surface area (Å²) in [6.07, 6.45) is -3.97. The molecule has 0 spiro atoms. The lowest BCUT2D eigenvalue weighted by Gasteiger charge is -2.23. The zero-order valence-corrected chi connectivity index (χ0v) is 26.5. The van der Waals surface area contributed by atoms with Crippen molar-refractivity contribution in [2.24, 2.45) is 5.73 Å². The van der Waals surface area contributed by atoms with Gasteiger partial charge in [0, 0.05) is 46.8 Å². The molecule has 0 fully saturated rings. The van der Waals surface area contributed by atoms with E-state index in [1.54, 1.807) is 43.3 Å². The number of nitrogens with two attached hydrogens (primary N) is 1. The third-order valence-electron chi connectivity index (χ3n) is 8.48. The molecule has 3 aromatic carbocycles. The zero-order valence-electron chi connectivity index (χ0n) is 25.8. The summed E-state index contributed by atoms with van der Waals surface area (Å²) in [6.45, 7) is 1.28. The predicted molar refractivity (Wildman–Crippen MR) is 171 cm³/mol. The summed E-state index contributed by atoms with van der Waals surface area (Å²) in [7, 11) is 1.30. The van der Waals surface area contributed by atoms with Gasteiger partial charge in [0.1, 0.15) is 46.4 Å². The molecule has 14 heteroatoms. The molecular formula is C35H26ClF5N4O4. The summed E-state index contributed by atoms with van der Waals surface area (Å²) in [5.41, 5.74) is 4.57. The van der Waals surface area contributed by atoms with Crippen molar-refractivity contribution in [3.8, 4) is 22.8 Å². The first-order chi connectivity index (χ1) is 23.2. The maximum absolute atomic E-state index is 15.3. The van der Waals surface area contributed by atoms with Crippen molar-refractivity contribution >= 4 is 34.3 Å². The zero-order chi connectivity index (χ0) is 35.2. The second kappa shape index (κ2) is 12.6. The number of aromatic nitrogens is 2. The van der Waals surface area contributed by atoms with Gasteiger partial charge in [-0.3, -0.25) is 14.6 Å². The number of pyridine rings is 2. The monoisotopic (exact) mass is 696 g/mol. The van der Waals surface area contributed by atoms with Gasteiger partial charge in [-0.1, -0.05) is 41.9 Å². The van der Waals surface area contributed by atoms with Crippen LogP contribution in [0, 0.1) is 11.6 Å². The molecule has 1 aliphatic heterocycles. The molecule has 3 N–H and O–H groups in total. The van der Waals surface area contributed by atoms with Gasteiger partial charge in [0.05, 0.1) is 23.4 Å². The molecule has 0 aliphatic carbocycles. The van der Waals surface area contributed by atoms with Gasteiger partial charge in [-0.15, -0.1) is 0 Å². The smallest absolute Gasteiger partial charge is 0.417 e. The predicted octanol–water partition coefficient (Wildman–Crippen LogP) is 6.95. The highest BCUT2D eigenvalue weighted by Crippen LogP contribution is 2.46. The SMILES string of the molecule is COc1cc(C(=O)NCC(c2ccccc2)c2cc3c(c(-c4cc(Cl)c(F)cc4F)n2)OC[C@]3(C)C(N)=O)cc2cc(C(F)(F)F)cnc12. The van der Waals surface area contributed by atoms with Crippen molar-refractivity contribution in [1.82, 2.24) is 15.3 Å². The van der Waals surface area contributed by atoms with Crippen molar-refractivity contribution in [3.05, 3.63) is 118 Å². The molecule has 49 heavy (non-hydrogen) atoms. The van der Waals surface area contributed by atoms with Crippen molar-refractivity contribution in [2.45, 2.75) is 24.4 Å². The van der Waals surface area contributed by atoms with E-state index in [2.05, 4.69) is 10.3 Å². The number of carbonyl (C=O) groups excluding carboxylic acids is 2. The Morgan fingerprint density at radius 1 is 1.08 bits per heavy atom. The average molecular weight is 697 g/mol. The summed E-state index contributed by atoms with van der Waals surface area (Å²) in [5.74, 6) is -3.91. The minimum absolute atomic E-state index is 0.00221. The molecular weight excluding hydrogens is 671 g/mol. The number of methoxy groups -OCH3 is 1. The van der Waals surface area contributed by atoms with Crippen LogP contribution < -0.4 is 20.5 Å². The largest absolute Gasteiger partial charge is 0.494 e. The van der Waals surface area contributed by atoms with Crippen LogP contribution >= 0.6 is 11.6 Å². The van der Waals surface area contributed by atoms with Crippen LogP contribution in [0.5, 0.6) is 11.5 Å². The van der Waals surface area contributed by atoms with Crippen LogP contribution in [0.1, 0.15) is 45.6 Å². The molecule has 0 radical (unpaired) electrons. The number of nitrogens with one attached hydrogen (secondary N) is 1. The molecule has 0 saturated heterocycles. The van der Waals surface area contributed by atoms with Gasteiger partial charge in [0.2, 0.25) is 5.91 Å². The first kappa shape index (κ1) is 33.6. The maximum Gasteiger partial charge on any atom is 0.417 e. The fourth-order valence-corrected chi connectivity index (χ4v) is 5.87. The normalized spacial score (nSPS) is 16.2. The molecule has 1 aliphatic rings. The Labute approximate surface area is 281 Å². The number of alkyl halides is 3.